The fraction of sp³-hybridized carbons (Fsp3) is 0.533. The van der Waals surface area contributed by atoms with E-state index in [-0.39, 0.29) is 11.4 Å². The third-order valence-corrected chi connectivity index (χ3v) is 4.75. The molecule has 0 saturated heterocycles. The molecule has 4 heteroatoms. The lowest BCUT2D eigenvalue weighted by Crippen LogP contribution is -2.07. The van der Waals surface area contributed by atoms with Gasteiger partial charge in [0.1, 0.15) is 5.82 Å². The number of carbonyl (C=O) groups is 1. The average Bonchev–Trinajstić information content (AvgIpc) is 2.42. The van der Waals surface area contributed by atoms with Gasteiger partial charge in [-0.3, -0.25) is 0 Å². The van der Waals surface area contributed by atoms with Gasteiger partial charge in [0.25, 0.3) is 0 Å². The Morgan fingerprint density at radius 1 is 1.32 bits per heavy atom. The van der Waals surface area contributed by atoms with Gasteiger partial charge in [-0.2, -0.15) is 0 Å². The van der Waals surface area contributed by atoms with Crippen LogP contribution in [-0.2, 0) is 0 Å². The summed E-state index contributed by atoms with van der Waals surface area (Å²) < 4.78 is 13.6. The van der Waals surface area contributed by atoms with Gasteiger partial charge in [0.15, 0.2) is 0 Å². The summed E-state index contributed by atoms with van der Waals surface area (Å²) in [5, 5.41) is 8.90. The third-order valence-electron chi connectivity index (χ3n) is 3.69. The van der Waals surface area contributed by atoms with Crippen molar-refractivity contribution in [2.24, 2.45) is 5.92 Å². The molecule has 0 aliphatic heterocycles. The minimum absolute atomic E-state index is 0.154. The molecule has 1 aromatic carbocycles. The van der Waals surface area contributed by atoms with Gasteiger partial charge in [0.05, 0.1) is 5.56 Å². The Morgan fingerprint density at radius 3 is 2.74 bits per heavy atom. The van der Waals surface area contributed by atoms with Crippen molar-refractivity contribution < 1.29 is 14.3 Å². The SMILES string of the molecule is O=C(O)c1ccc(F)c(SCCC2CCCCC2)c1. The summed E-state index contributed by atoms with van der Waals surface area (Å²) in [4.78, 5) is 11.3. The van der Waals surface area contributed by atoms with Crippen molar-refractivity contribution in [3.05, 3.63) is 29.6 Å². The van der Waals surface area contributed by atoms with Crippen LogP contribution >= 0.6 is 11.8 Å². The molecule has 0 radical (unpaired) electrons. The number of benzene rings is 1. The van der Waals surface area contributed by atoms with Crippen LogP contribution in [0, 0.1) is 11.7 Å². The van der Waals surface area contributed by atoms with E-state index >= 15 is 0 Å². The molecule has 1 aromatic rings. The minimum atomic E-state index is -1.01. The summed E-state index contributed by atoms with van der Waals surface area (Å²) in [6, 6.07) is 3.98. The van der Waals surface area contributed by atoms with Crippen LogP contribution in [0.2, 0.25) is 0 Å². The second kappa shape index (κ2) is 6.94. The molecule has 104 valence electrons. The molecule has 1 aliphatic rings. The van der Waals surface area contributed by atoms with E-state index in [0.717, 1.165) is 18.1 Å². The molecule has 1 saturated carbocycles. The lowest BCUT2D eigenvalue weighted by atomic mass is 9.88. The summed E-state index contributed by atoms with van der Waals surface area (Å²) in [5.41, 5.74) is 0.154. The Labute approximate surface area is 117 Å². The zero-order valence-electron chi connectivity index (χ0n) is 10.9. The van der Waals surface area contributed by atoms with E-state index in [0.29, 0.717) is 4.90 Å². The van der Waals surface area contributed by atoms with E-state index in [9.17, 15) is 9.18 Å². The lowest BCUT2D eigenvalue weighted by Gasteiger charge is -2.21. The first-order valence-corrected chi connectivity index (χ1v) is 7.81. The zero-order valence-corrected chi connectivity index (χ0v) is 11.7. The molecular weight excluding hydrogens is 263 g/mol. The van der Waals surface area contributed by atoms with Crippen LogP contribution in [0.3, 0.4) is 0 Å². The van der Waals surface area contributed by atoms with Crippen LogP contribution in [0.15, 0.2) is 23.1 Å². The minimum Gasteiger partial charge on any atom is -0.478 e. The molecule has 2 nitrogen and oxygen atoms in total. The highest BCUT2D eigenvalue weighted by Crippen LogP contribution is 2.30. The highest BCUT2D eigenvalue weighted by Gasteiger charge is 2.14. The Kier molecular flexibility index (Phi) is 5.25. The lowest BCUT2D eigenvalue weighted by molar-refractivity contribution is 0.0696. The van der Waals surface area contributed by atoms with Gasteiger partial charge >= 0.3 is 5.97 Å². The van der Waals surface area contributed by atoms with Crippen LogP contribution < -0.4 is 0 Å². The van der Waals surface area contributed by atoms with E-state index in [1.54, 1.807) is 0 Å². The Morgan fingerprint density at radius 2 is 2.05 bits per heavy atom. The van der Waals surface area contributed by atoms with Crippen molar-refractivity contribution in [2.75, 3.05) is 5.75 Å². The standard InChI is InChI=1S/C15H19FO2S/c16-13-7-6-12(15(17)18)10-14(13)19-9-8-11-4-2-1-3-5-11/h6-7,10-11H,1-5,8-9H2,(H,17,18). The molecule has 0 bridgehead atoms. The first-order chi connectivity index (χ1) is 9.16. The highest BCUT2D eigenvalue weighted by atomic mass is 32.2. The van der Waals surface area contributed by atoms with Gasteiger partial charge in [0.2, 0.25) is 0 Å². The third kappa shape index (κ3) is 4.23. The molecule has 0 aromatic heterocycles. The van der Waals surface area contributed by atoms with Crippen molar-refractivity contribution in [1.29, 1.82) is 0 Å². The van der Waals surface area contributed by atoms with Crippen molar-refractivity contribution in [3.63, 3.8) is 0 Å². The molecule has 1 N–H and O–H groups in total. The second-order valence-corrected chi connectivity index (χ2v) is 6.23. The summed E-state index contributed by atoms with van der Waals surface area (Å²) >= 11 is 1.43. The quantitative estimate of drug-likeness (QED) is 0.803. The van der Waals surface area contributed by atoms with Gasteiger partial charge in [-0.25, -0.2) is 9.18 Å². The molecule has 0 atom stereocenters. The smallest absolute Gasteiger partial charge is 0.335 e. The number of halogens is 1. The average molecular weight is 282 g/mol. The fourth-order valence-corrected chi connectivity index (χ4v) is 3.65. The van der Waals surface area contributed by atoms with Crippen LogP contribution in [0.1, 0.15) is 48.9 Å². The van der Waals surface area contributed by atoms with Gasteiger partial charge in [-0.05, 0) is 36.3 Å². The first kappa shape index (κ1) is 14.4. The van der Waals surface area contributed by atoms with E-state index in [2.05, 4.69) is 0 Å². The van der Waals surface area contributed by atoms with Gasteiger partial charge in [-0.1, -0.05) is 32.1 Å². The van der Waals surface area contributed by atoms with E-state index in [1.165, 1.54) is 62.1 Å². The molecule has 0 amide bonds. The topological polar surface area (TPSA) is 37.3 Å². The maximum Gasteiger partial charge on any atom is 0.335 e. The second-order valence-electron chi connectivity index (χ2n) is 5.09. The molecule has 1 aliphatic carbocycles. The molecule has 19 heavy (non-hydrogen) atoms. The first-order valence-electron chi connectivity index (χ1n) is 6.82. The van der Waals surface area contributed by atoms with Crippen molar-refractivity contribution in [1.82, 2.24) is 0 Å². The Hall–Kier alpha value is -1.03. The van der Waals surface area contributed by atoms with Crippen molar-refractivity contribution in [2.45, 2.75) is 43.4 Å². The number of thioether (sulfide) groups is 1. The maximum atomic E-state index is 13.6. The molecule has 1 fully saturated rings. The predicted molar refractivity (Wildman–Crippen MR) is 75.3 cm³/mol. The highest BCUT2D eigenvalue weighted by molar-refractivity contribution is 7.99. The number of hydrogen-bond donors (Lipinski definition) is 1. The van der Waals surface area contributed by atoms with E-state index < -0.39 is 5.97 Å². The van der Waals surface area contributed by atoms with Crippen molar-refractivity contribution in [3.8, 4) is 0 Å². The van der Waals surface area contributed by atoms with Crippen LogP contribution in [0.25, 0.3) is 0 Å². The van der Waals surface area contributed by atoms with Crippen LogP contribution in [0.5, 0.6) is 0 Å². The van der Waals surface area contributed by atoms with Gasteiger partial charge in [-0.15, -0.1) is 11.8 Å². The summed E-state index contributed by atoms with van der Waals surface area (Å²) in [6.45, 7) is 0. The molecule has 0 spiro atoms. The van der Waals surface area contributed by atoms with Gasteiger partial charge < -0.3 is 5.11 Å². The number of carboxylic acid groups (broad SMARTS) is 1. The fourth-order valence-electron chi connectivity index (χ4n) is 2.56. The molecular formula is C15H19FO2S. The van der Waals surface area contributed by atoms with Crippen LogP contribution in [-0.4, -0.2) is 16.8 Å². The number of aromatic carboxylic acids is 1. The van der Waals surface area contributed by atoms with E-state index in [1.807, 2.05) is 0 Å². The maximum absolute atomic E-state index is 13.6. The summed E-state index contributed by atoms with van der Waals surface area (Å²) in [6.07, 6.45) is 7.66. The zero-order chi connectivity index (χ0) is 13.7. The predicted octanol–water partition coefficient (Wildman–Crippen LogP) is 4.59. The van der Waals surface area contributed by atoms with Gasteiger partial charge in [0, 0.05) is 4.90 Å². The Balaban J connectivity index is 1.87. The molecule has 0 heterocycles. The number of hydrogen-bond acceptors (Lipinski definition) is 2. The largest absolute Gasteiger partial charge is 0.478 e. The number of carboxylic acids is 1. The number of rotatable bonds is 5. The normalized spacial score (nSPS) is 16.5. The molecule has 0 unspecified atom stereocenters. The summed E-state index contributed by atoms with van der Waals surface area (Å²) in [7, 11) is 0. The molecule has 2 rings (SSSR count). The summed E-state index contributed by atoms with van der Waals surface area (Å²) in [5.74, 6) is 0.310. The van der Waals surface area contributed by atoms with Crippen LogP contribution in [0.4, 0.5) is 4.39 Å². The van der Waals surface area contributed by atoms with Crippen molar-refractivity contribution >= 4 is 17.7 Å². The monoisotopic (exact) mass is 282 g/mol. The van der Waals surface area contributed by atoms with E-state index in [4.69, 9.17) is 5.11 Å². The Bertz CT molecular complexity index is 442.